The van der Waals surface area contributed by atoms with Crippen molar-refractivity contribution in [3.63, 3.8) is 0 Å². The van der Waals surface area contributed by atoms with E-state index in [0.29, 0.717) is 47.0 Å². The molecule has 0 radical (unpaired) electrons. The summed E-state index contributed by atoms with van der Waals surface area (Å²) < 4.78 is 36.1. The van der Waals surface area contributed by atoms with E-state index in [1.807, 2.05) is 17.0 Å². The molecule has 5 nitrogen and oxygen atoms in total. The van der Waals surface area contributed by atoms with E-state index in [1.165, 1.54) is 0 Å². The Balaban J connectivity index is 1.67. The smallest absolute Gasteiger partial charge is 0.288 e. The number of anilines is 1. The predicted molar refractivity (Wildman–Crippen MR) is 98.5 cm³/mol. The van der Waals surface area contributed by atoms with Gasteiger partial charge in [-0.1, -0.05) is 23.9 Å². The molecule has 2 aromatic heterocycles. The Labute approximate surface area is 159 Å². The van der Waals surface area contributed by atoms with Crippen molar-refractivity contribution in [2.75, 3.05) is 11.9 Å². The Morgan fingerprint density at radius 1 is 1.00 bits per heavy atom. The van der Waals surface area contributed by atoms with Crippen LogP contribution in [0.4, 0.5) is 14.5 Å². The van der Waals surface area contributed by atoms with Gasteiger partial charge in [-0.05, 0) is 36.4 Å². The van der Waals surface area contributed by atoms with Crippen LogP contribution in [0, 0.1) is 0 Å². The second-order valence-corrected chi connectivity index (χ2v) is 6.76. The number of rotatable bonds is 9. The number of hydrogen-bond donors (Lipinski definition) is 1. The van der Waals surface area contributed by atoms with Crippen molar-refractivity contribution in [3.05, 3.63) is 72.6 Å². The lowest BCUT2D eigenvalue weighted by molar-refractivity contribution is -0.117. The Hall–Kier alpha value is -2.58. The Bertz CT molecular complexity index is 802. The molecule has 27 heavy (non-hydrogen) atoms. The van der Waals surface area contributed by atoms with Gasteiger partial charge in [-0.2, -0.15) is 8.78 Å². The zero-order valence-electron chi connectivity index (χ0n) is 14.3. The molecule has 0 saturated carbocycles. The largest absolute Gasteiger partial charge is 0.468 e. The minimum Gasteiger partial charge on any atom is -0.468 e. The molecule has 0 unspecified atom stereocenters. The van der Waals surface area contributed by atoms with Crippen LogP contribution in [0.5, 0.6) is 0 Å². The fourth-order valence-corrected chi connectivity index (χ4v) is 3.17. The first-order valence-electron chi connectivity index (χ1n) is 8.21. The second-order valence-electron chi connectivity index (χ2n) is 5.73. The normalized spacial score (nSPS) is 11.3. The third-order valence-electron chi connectivity index (χ3n) is 3.66. The molecule has 142 valence electrons. The van der Waals surface area contributed by atoms with Crippen LogP contribution in [0.25, 0.3) is 0 Å². The third kappa shape index (κ3) is 5.97. The topological polar surface area (TPSA) is 58.6 Å². The van der Waals surface area contributed by atoms with E-state index in [0.717, 1.165) is 0 Å². The standard InChI is InChI=1S/C19H18F2N2O3S/c20-19(21)27-17-8-2-1-7-16(17)22-18(24)13-23(11-14-5-3-9-25-14)12-15-6-4-10-26-15/h1-10,19H,11-13H2,(H,22,24). The van der Waals surface area contributed by atoms with Gasteiger partial charge in [0.05, 0.1) is 37.8 Å². The lowest BCUT2D eigenvalue weighted by Gasteiger charge is -2.20. The molecule has 0 aliphatic rings. The van der Waals surface area contributed by atoms with E-state index in [1.54, 1.807) is 48.9 Å². The predicted octanol–water partition coefficient (Wildman–Crippen LogP) is 4.83. The molecule has 0 bridgehead atoms. The number of amides is 1. The summed E-state index contributed by atoms with van der Waals surface area (Å²) in [6.45, 7) is 0.873. The number of furan rings is 2. The number of para-hydroxylation sites is 1. The molecular weight excluding hydrogens is 374 g/mol. The quantitative estimate of drug-likeness (QED) is 0.529. The molecule has 0 aliphatic heterocycles. The zero-order chi connectivity index (χ0) is 19.1. The summed E-state index contributed by atoms with van der Waals surface area (Å²) in [5.41, 5.74) is 0.365. The Morgan fingerprint density at radius 2 is 1.63 bits per heavy atom. The van der Waals surface area contributed by atoms with Crippen molar-refractivity contribution >= 4 is 23.4 Å². The van der Waals surface area contributed by atoms with Gasteiger partial charge >= 0.3 is 0 Å². The molecule has 0 atom stereocenters. The van der Waals surface area contributed by atoms with Crippen molar-refractivity contribution in [1.82, 2.24) is 4.90 Å². The highest BCUT2D eigenvalue weighted by molar-refractivity contribution is 7.99. The SMILES string of the molecule is O=C(CN(Cc1ccco1)Cc1ccco1)Nc1ccccc1SC(F)F. The van der Waals surface area contributed by atoms with Crippen LogP contribution in [-0.4, -0.2) is 23.1 Å². The number of hydrogen-bond acceptors (Lipinski definition) is 5. The highest BCUT2D eigenvalue weighted by Crippen LogP contribution is 2.31. The fourth-order valence-electron chi connectivity index (χ4n) is 2.58. The maximum Gasteiger partial charge on any atom is 0.288 e. The molecule has 2 heterocycles. The molecule has 1 N–H and O–H groups in total. The van der Waals surface area contributed by atoms with E-state index >= 15 is 0 Å². The highest BCUT2D eigenvalue weighted by Gasteiger charge is 2.17. The number of carbonyl (C=O) groups excluding carboxylic acids is 1. The maximum absolute atomic E-state index is 12.7. The van der Waals surface area contributed by atoms with Crippen LogP contribution >= 0.6 is 11.8 Å². The van der Waals surface area contributed by atoms with Gasteiger partial charge < -0.3 is 14.2 Å². The van der Waals surface area contributed by atoms with Crippen LogP contribution in [0.3, 0.4) is 0 Å². The van der Waals surface area contributed by atoms with Crippen LogP contribution in [-0.2, 0) is 17.9 Å². The first-order chi connectivity index (χ1) is 13.1. The fraction of sp³-hybridized carbons (Fsp3) is 0.211. The first kappa shape index (κ1) is 19.2. The van der Waals surface area contributed by atoms with E-state index in [2.05, 4.69) is 5.32 Å². The van der Waals surface area contributed by atoms with Crippen molar-refractivity contribution in [2.45, 2.75) is 23.7 Å². The molecule has 3 rings (SSSR count). The van der Waals surface area contributed by atoms with Gasteiger partial charge in [-0.15, -0.1) is 0 Å². The number of nitrogens with zero attached hydrogens (tertiary/aromatic N) is 1. The number of halogens is 2. The molecule has 1 aromatic carbocycles. The third-order valence-corrected chi connectivity index (χ3v) is 4.45. The molecule has 0 aliphatic carbocycles. The van der Waals surface area contributed by atoms with Gasteiger partial charge in [0, 0.05) is 4.90 Å². The van der Waals surface area contributed by atoms with Gasteiger partial charge in [0.1, 0.15) is 11.5 Å². The maximum atomic E-state index is 12.7. The number of alkyl halides is 2. The van der Waals surface area contributed by atoms with Crippen molar-refractivity contribution in [1.29, 1.82) is 0 Å². The minimum atomic E-state index is -2.56. The lowest BCUT2D eigenvalue weighted by Crippen LogP contribution is -2.32. The van der Waals surface area contributed by atoms with Gasteiger partial charge in [0.15, 0.2) is 0 Å². The van der Waals surface area contributed by atoms with Gasteiger partial charge in [0.2, 0.25) is 5.91 Å². The number of nitrogens with one attached hydrogen (secondary N) is 1. The molecule has 1 amide bonds. The van der Waals surface area contributed by atoms with Crippen LogP contribution in [0.1, 0.15) is 11.5 Å². The monoisotopic (exact) mass is 392 g/mol. The van der Waals surface area contributed by atoms with Crippen LogP contribution in [0.15, 0.2) is 74.8 Å². The highest BCUT2D eigenvalue weighted by atomic mass is 32.2. The Kier molecular flexibility index (Phi) is 6.67. The minimum absolute atomic E-state index is 0.0507. The van der Waals surface area contributed by atoms with Crippen molar-refractivity contribution < 1.29 is 22.4 Å². The number of thioether (sulfide) groups is 1. The summed E-state index contributed by atoms with van der Waals surface area (Å²) in [6, 6.07) is 13.7. The molecule has 0 spiro atoms. The van der Waals surface area contributed by atoms with Crippen LogP contribution < -0.4 is 5.32 Å². The van der Waals surface area contributed by atoms with E-state index in [-0.39, 0.29) is 12.5 Å². The van der Waals surface area contributed by atoms with E-state index in [9.17, 15) is 13.6 Å². The van der Waals surface area contributed by atoms with Gasteiger partial charge in [-0.3, -0.25) is 9.69 Å². The molecule has 8 heteroatoms. The summed E-state index contributed by atoms with van der Waals surface area (Å²) in [5.74, 6) is -1.45. The summed E-state index contributed by atoms with van der Waals surface area (Å²) in [4.78, 5) is 14.7. The summed E-state index contributed by atoms with van der Waals surface area (Å²) in [6.07, 6.45) is 3.14. The average molecular weight is 392 g/mol. The number of benzene rings is 1. The summed E-state index contributed by atoms with van der Waals surface area (Å²) in [5, 5.41) is 2.71. The van der Waals surface area contributed by atoms with Gasteiger partial charge in [0.25, 0.3) is 5.76 Å². The van der Waals surface area contributed by atoms with Gasteiger partial charge in [-0.25, -0.2) is 0 Å². The van der Waals surface area contributed by atoms with Crippen molar-refractivity contribution in [2.24, 2.45) is 0 Å². The molecule has 0 fully saturated rings. The summed E-state index contributed by atoms with van der Waals surface area (Å²) >= 11 is 0.402. The molecule has 0 saturated heterocycles. The second kappa shape index (κ2) is 9.38. The molecular formula is C19H18F2N2O3S. The summed E-state index contributed by atoms with van der Waals surface area (Å²) in [7, 11) is 0. The zero-order valence-corrected chi connectivity index (χ0v) is 15.1. The van der Waals surface area contributed by atoms with E-state index in [4.69, 9.17) is 8.83 Å². The van der Waals surface area contributed by atoms with Crippen molar-refractivity contribution in [3.8, 4) is 0 Å². The first-order valence-corrected chi connectivity index (χ1v) is 9.09. The lowest BCUT2D eigenvalue weighted by atomic mass is 10.3. The number of carbonyl (C=O) groups is 1. The molecule has 3 aromatic rings. The van der Waals surface area contributed by atoms with Crippen LogP contribution in [0.2, 0.25) is 0 Å². The average Bonchev–Trinajstić information content (AvgIpc) is 3.30. The van der Waals surface area contributed by atoms with E-state index < -0.39 is 5.76 Å². The Morgan fingerprint density at radius 3 is 2.19 bits per heavy atom.